The van der Waals surface area contributed by atoms with Crippen LogP contribution in [0.4, 0.5) is 0 Å². The zero-order chi connectivity index (χ0) is 20.3. The van der Waals surface area contributed by atoms with Crippen molar-refractivity contribution in [3.63, 3.8) is 0 Å². The number of hydrogen-bond acceptors (Lipinski definition) is 4. The van der Waals surface area contributed by atoms with Crippen LogP contribution >= 0.6 is 11.8 Å². The first-order valence-electron chi connectivity index (χ1n) is 10.5. The van der Waals surface area contributed by atoms with E-state index in [4.69, 9.17) is 4.42 Å². The second-order valence-corrected chi connectivity index (χ2v) is 9.88. The smallest absolute Gasteiger partial charge is 0.353 e. The molecule has 3 rings (SSSR count). The molecule has 0 radical (unpaired) electrons. The fraction of sp³-hybridized carbons (Fsp3) is 0.542. The lowest BCUT2D eigenvalue weighted by atomic mass is 9.77. The van der Waals surface area contributed by atoms with Gasteiger partial charge in [-0.2, -0.15) is 0 Å². The maximum atomic E-state index is 12.8. The molecule has 152 valence electrons. The Morgan fingerprint density at radius 1 is 1.14 bits per heavy atom. The molecule has 28 heavy (non-hydrogen) atoms. The van der Waals surface area contributed by atoms with E-state index in [1.54, 1.807) is 6.07 Å². The summed E-state index contributed by atoms with van der Waals surface area (Å²) in [5, 5.41) is 10.7. The molecule has 1 N–H and O–H groups in total. The van der Waals surface area contributed by atoms with Gasteiger partial charge in [-0.25, -0.2) is 4.79 Å². The first-order valence-corrected chi connectivity index (χ1v) is 11.3. The standard InChI is InChI=1S/C24H32O3S/c1-16(2)11-14-24(12-7-8-13-24)21-15-19(25)22(23(26)27-21)28-20-10-6-5-9-18(20)17(3)4/h5-6,9-10,15-17,25H,7-8,11-14H2,1-4H3. The van der Waals surface area contributed by atoms with Gasteiger partial charge in [0.2, 0.25) is 0 Å². The molecule has 1 aliphatic rings. The Balaban J connectivity index is 1.94. The molecule has 1 aromatic heterocycles. The predicted octanol–water partition coefficient (Wildman–Crippen LogP) is 6.87. The third kappa shape index (κ3) is 4.48. The van der Waals surface area contributed by atoms with Crippen molar-refractivity contribution in [2.24, 2.45) is 5.92 Å². The quantitative estimate of drug-likeness (QED) is 0.551. The SMILES string of the molecule is CC(C)CCC1(c2cc(O)c(Sc3ccccc3C(C)C)c(=O)o2)CCCC1. The minimum absolute atomic E-state index is 0.0469. The molecule has 0 spiro atoms. The molecule has 2 aromatic rings. The van der Waals surface area contributed by atoms with Crippen LogP contribution in [0.15, 0.2) is 49.3 Å². The molecule has 1 heterocycles. The van der Waals surface area contributed by atoms with E-state index in [0.29, 0.717) is 17.6 Å². The molecule has 3 nitrogen and oxygen atoms in total. The predicted molar refractivity (Wildman–Crippen MR) is 116 cm³/mol. The van der Waals surface area contributed by atoms with Crippen molar-refractivity contribution in [2.45, 2.75) is 87.3 Å². The van der Waals surface area contributed by atoms with Crippen molar-refractivity contribution >= 4 is 11.8 Å². The van der Waals surface area contributed by atoms with Gasteiger partial charge in [-0.3, -0.25) is 0 Å². The summed E-state index contributed by atoms with van der Waals surface area (Å²) in [5.74, 6) is 1.68. The van der Waals surface area contributed by atoms with Crippen LogP contribution in [0.3, 0.4) is 0 Å². The van der Waals surface area contributed by atoms with Gasteiger partial charge in [0.1, 0.15) is 16.4 Å². The molecule has 1 saturated carbocycles. The third-order valence-electron chi connectivity index (χ3n) is 5.93. The first kappa shape index (κ1) is 21.0. The third-order valence-corrected chi connectivity index (χ3v) is 7.10. The van der Waals surface area contributed by atoms with Gasteiger partial charge in [-0.05, 0) is 42.7 Å². The Morgan fingerprint density at radius 2 is 1.82 bits per heavy atom. The Labute approximate surface area is 172 Å². The molecule has 0 bridgehead atoms. The fourth-order valence-corrected chi connectivity index (χ4v) is 5.30. The Bertz CT molecular complexity index is 860. The van der Waals surface area contributed by atoms with Gasteiger partial charge in [0.25, 0.3) is 0 Å². The molecule has 1 aromatic carbocycles. The summed E-state index contributed by atoms with van der Waals surface area (Å²) in [7, 11) is 0. The van der Waals surface area contributed by atoms with Crippen molar-refractivity contribution in [3.8, 4) is 5.75 Å². The van der Waals surface area contributed by atoms with E-state index in [0.717, 1.165) is 43.4 Å². The van der Waals surface area contributed by atoms with Crippen molar-refractivity contribution in [1.82, 2.24) is 0 Å². The van der Waals surface area contributed by atoms with Crippen molar-refractivity contribution in [1.29, 1.82) is 0 Å². The summed E-state index contributed by atoms with van der Waals surface area (Å²) in [6.45, 7) is 8.71. The minimum atomic E-state index is -0.422. The maximum Gasteiger partial charge on any atom is 0.353 e. The largest absolute Gasteiger partial charge is 0.506 e. The van der Waals surface area contributed by atoms with Gasteiger partial charge >= 0.3 is 5.63 Å². The highest BCUT2D eigenvalue weighted by Crippen LogP contribution is 2.46. The first-order chi connectivity index (χ1) is 13.3. The molecule has 0 atom stereocenters. The normalized spacial score (nSPS) is 16.2. The Morgan fingerprint density at radius 3 is 2.43 bits per heavy atom. The summed E-state index contributed by atoms with van der Waals surface area (Å²) in [5.41, 5.74) is 0.647. The molecular formula is C24H32O3S. The number of rotatable bonds is 7. The second-order valence-electron chi connectivity index (χ2n) is 8.83. The van der Waals surface area contributed by atoms with Crippen molar-refractivity contribution in [2.75, 3.05) is 0 Å². The number of benzene rings is 1. The van der Waals surface area contributed by atoms with E-state index in [2.05, 4.69) is 33.8 Å². The van der Waals surface area contributed by atoms with Crippen LogP contribution in [0.25, 0.3) is 0 Å². The molecule has 4 heteroatoms. The zero-order valence-corrected chi connectivity index (χ0v) is 18.3. The lowest BCUT2D eigenvalue weighted by molar-refractivity contribution is 0.274. The van der Waals surface area contributed by atoms with Crippen molar-refractivity contribution in [3.05, 3.63) is 52.1 Å². The van der Waals surface area contributed by atoms with E-state index in [1.807, 2.05) is 18.2 Å². The zero-order valence-electron chi connectivity index (χ0n) is 17.5. The minimum Gasteiger partial charge on any atom is -0.506 e. The van der Waals surface area contributed by atoms with Gasteiger partial charge in [-0.15, -0.1) is 0 Å². The average molecular weight is 401 g/mol. The van der Waals surface area contributed by atoms with E-state index < -0.39 is 5.63 Å². The Kier molecular flexibility index (Phi) is 6.59. The van der Waals surface area contributed by atoms with Crippen LogP contribution in [0.5, 0.6) is 5.75 Å². The molecular weight excluding hydrogens is 368 g/mol. The molecule has 1 fully saturated rings. The summed E-state index contributed by atoms with van der Waals surface area (Å²) in [6.07, 6.45) is 6.48. The van der Waals surface area contributed by atoms with Crippen LogP contribution in [-0.2, 0) is 5.41 Å². The van der Waals surface area contributed by atoms with E-state index in [-0.39, 0.29) is 16.1 Å². The maximum absolute atomic E-state index is 12.8. The number of aromatic hydroxyl groups is 1. The summed E-state index contributed by atoms with van der Waals surface area (Å²) < 4.78 is 5.84. The topological polar surface area (TPSA) is 50.4 Å². The van der Waals surface area contributed by atoms with E-state index >= 15 is 0 Å². The lowest BCUT2D eigenvalue weighted by Crippen LogP contribution is -2.24. The Hall–Kier alpha value is -1.68. The van der Waals surface area contributed by atoms with Crippen molar-refractivity contribution < 1.29 is 9.52 Å². The van der Waals surface area contributed by atoms with Crippen LogP contribution in [0.1, 0.15) is 83.5 Å². The van der Waals surface area contributed by atoms with Crippen LogP contribution < -0.4 is 5.63 Å². The summed E-state index contributed by atoms with van der Waals surface area (Å²) in [6, 6.07) is 9.74. The molecule has 0 aliphatic heterocycles. The molecule has 0 unspecified atom stereocenters. The monoisotopic (exact) mass is 400 g/mol. The lowest BCUT2D eigenvalue weighted by Gasteiger charge is -2.28. The highest BCUT2D eigenvalue weighted by molar-refractivity contribution is 7.99. The van der Waals surface area contributed by atoms with Gasteiger partial charge < -0.3 is 9.52 Å². The molecule has 0 amide bonds. The van der Waals surface area contributed by atoms with Crippen LogP contribution in [0, 0.1) is 5.92 Å². The fourth-order valence-electron chi connectivity index (χ4n) is 4.22. The van der Waals surface area contributed by atoms with Gasteiger partial charge in [0, 0.05) is 16.4 Å². The highest BCUT2D eigenvalue weighted by atomic mass is 32.2. The van der Waals surface area contributed by atoms with Gasteiger partial charge in [0.05, 0.1) is 0 Å². The van der Waals surface area contributed by atoms with E-state index in [1.165, 1.54) is 17.3 Å². The second kappa shape index (κ2) is 8.77. The molecule has 1 aliphatic carbocycles. The number of hydrogen-bond donors (Lipinski definition) is 1. The summed E-state index contributed by atoms with van der Waals surface area (Å²) >= 11 is 1.31. The van der Waals surface area contributed by atoms with Crippen LogP contribution in [0.2, 0.25) is 0 Å². The highest BCUT2D eigenvalue weighted by Gasteiger charge is 2.38. The van der Waals surface area contributed by atoms with Gasteiger partial charge in [0.15, 0.2) is 0 Å². The van der Waals surface area contributed by atoms with Gasteiger partial charge in [-0.1, -0.05) is 76.9 Å². The summed E-state index contributed by atoms with van der Waals surface area (Å²) in [4.78, 5) is 14.1. The molecule has 0 saturated heterocycles. The van der Waals surface area contributed by atoms with E-state index in [9.17, 15) is 9.90 Å². The average Bonchev–Trinajstić information content (AvgIpc) is 3.13. The van der Waals surface area contributed by atoms with Crippen LogP contribution in [-0.4, -0.2) is 5.11 Å².